The molecule has 3 unspecified atom stereocenters. The van der Waals surface area contributed by atoms with Gasteiger partial charge in [-0.25, -0.2) is 0 Å². The topological polar surface area (TPSA) is 68.2 Å². The van der Waals surface area contributed by atoms with Crippen LogP contribution in [0.5, 0.6) is 0 Å². The second-order valence-electron chi connectivity index (χ2n) is 5.48. The molecule has 0 aromatic carbocycles. The van der Waals surface area contributed by atoms with Crippen LogP contribution in [-0.4, -0.2) is 48.3 Å². The highest BCUT2D eigenvalue weighted by Crippen LogP contribution is 2.09. The van der Waals surface area contributed by atoms with Crippen molar-refractivity contribution in [2.75, 3.05) is 19.8 Å². The molecule has 5 nitrogen and oxygen atoms in total. The molecule has 3 atom stereocenters. The molecule has 0 radical (unpaired) electrons. The third-order valence-corrected chi connectivity index (χ3v) is 2.53. The smallest absolute Gasteiger partial charge is 0.100 e. The molecule has 0 amide bonds. The first-order valence-corrected chi connectivity index (χ1v) is 8.04. The second-order valence-corrected chi connectivity index (χ2v) is 5.48. The van der Waals surface area contributed by atoms with Crippen LogP contribution in [0.3, 0.4) is 0 Å². The lowest BCUT2D eigenvalue weighted by atomic mass is 10.3. The standard InChI is InChI=1S/C10H14O.C9H20O4/c1-5-7-9(3)11-10(4)8-6-2;1-7(11)5-12-9(3)6-13-8(2)4-10/h5-6H,1-4,7-8H2;7-11H,4-6H2,1-3H3. The van der Waals surface area contributed by atoms with Gasteiger partial charge in [-0.2, -0.15) is 0 Å². The van der Waals surface area contributed by atoms with Crippen molar-refractivity contribution in [2.24, 2.45) is 0 Å². The van der Waals surface area contributed by atoms with E-state index in [0.29, 0.717) is 37.6 Å². The predicted octanol–water partition coefficient (Wildman–Crippen LogP) is 3.35. The van der Waals surface area contributed by atoms with Gasteiger partial charge in [0.2, 0.25) is 0 Å². The number of hydrogen-bond donors (Lipinski definition) is 2. The van der Waals surface area contributed by atoms with E-state index in [0.717, 1.165) is 0 Å². The minimum atomic E-state index is -0.447. The Hall–Kier alpha value is -1.40. The Morgan fingerprint density at radius 1 is 0.917 bits per heavy atom. The molecule has 0 aromatic heterocycles. The Labute approximate surface area is 146 Å². The molecule has 0 bridgehead atoms. The number of ether oxygens (including phenoxy) is 3. The first-order valence-electron chi connectivity index (χ1n) is 8.04. The lowest BCUT2D eigenvalue weighted by molar-refractivity contribution is -0.0620. The molecule has 0 fully saturated rings. The van der Waals surface area contributed by atoms with Gasteiger partial charge in [0.15, 0.2) is 0 Å². The van der Waals surface area contributed by atoms with Gasteiger partial charge in [-0.05, 0) is 20.8 Å². The Balaban J connectivity index is 0. The normalized spacial score (nSPS) is 13.7. The van der Waals surface area contributed by atoms with Gasteiger partial charge in [0.25, 0.3) is 0 Å². The van der Waals surface area contributed by atoms with Crippen molar-refractivity contribution in [3.63, 3.8) is 0 Å². The molecule has 5 heteroatoms. The maximum Gasteiger partial charge on any atom is 0.100 e. The van der Waals surface area contributed by atoms with E-state index >= 15 is 0 Å². The van der Waals surface area contributed by atoms with Gasteiger partial charge >= 0.3 is 0 Å². The van der Waals surface area contributed by atoms with Crippen LogP contribution in [0, 0.1) is 0 Å². The molecular formula is C19H34O5. The zero-order valence-corrected chi connectivity index (χ0v) is 15.4. The SMILES string of the molecule is C=CCC(=C)OC(=C)CC=C.CC(O)COC(C)COC(C)CO. The highest BCUT2D eigenvalue weighted by molar-refractivity contribution is 4.99. The van der Waals surface area contributed by atoms with E-state index < -0.39 is 6.10 Å². The van der Waals surface area contributed by atoms with Crippen LogP contribution in [0.4, 0.5) is 0 Å². The maximum atomic E-state index is 8.92. The van der Waals surface area contributed by atoms with E-state index in [4.69, 9.17) is 24.4 Å². The lowest BCUT2D eigenvalue weighted by Crippen LogP contribution is -2.24. The van der Waals surface area contributed by atoms with Crippen LogP contribution in [0.15, 0.2) is 50.0 Å². The molecule has 0 aliphatic rings. The molecule has 24 heavy (non-hydrogen) atoms. The van der Waals surface area contributed by atoms with Crippen LogP contribution in [-0.2, 0) is 14.2 Å². The number of aliphatic hydroxyl groups excluding tert-OH is 2. The number of rotatable bonds is 13. The van der Waals surface area contributed by atoms with Gasteiger partial charge in [0.1, 0.15) is 11.5 Å². The summed E-state index contributed by atoms with van der Waals surface area (Å²) < 4.78 is 15.7. The van der Waals surface area contributed by atoms with Crippen LogP contribution in [0.2, 0.25) is 0 Å². The van der Waals surface area contributed by atoms with Crippen molar-refractivity contribution < 1.29 is 24.4 Å². The zero-order chi connectivity index (χ0) is 19.0. The molecule has 0 saturated heterocycles. The summed E-state index contributed by atoms with van der Waals surface area (Å²) in [5.41, 5.74) is 0. The summed E-state index contributed by atoms with van der Waals surface area (Å²) in [6, 6.07) is 0. The summed E-state index contributed by atoms with van der Waals surface area (Å²) in [7, 11) is 0. The summed E-state index contributed by atoms with van der Waals surface area (Å²) in [4.78, 5) is 0. The molecule has 2 N–H and O–H groups in total. The number of allylic oxidation sites excluding steroid dienone is 2. The number of hydrogen-bond acceptors (Lipinski definition) is 5. The van der Waals surface area contributed by atoms with E-state index in [1.54, 1.807) is 26.0 Å². The van der Waals surface area contributed by atoms with E-state index in [1.807, 2.05) is 6.92 Å². The van der Waals surface area contributed by atoms with Crippen LogP contribution in [0.1, 0.15) is 33.6 Å². The summed E-state index contributed by atoms with van der Waals surface area (Å²) >= 11 is 0. The molecule has 0 aromatic rings. The summed E-state index contributed by atoms with van der Waals surface area (Å²) in [6.45, 7) is 20.6. The first-order chi connectivity index (χ1) is 11.3. The molecular weight excluding hydrogens is 308 g/mol. The van der Waals surface area contributed by atoms with Crippen LogP contribution < -0.4 is 0 Å². The molecule has 140 valence electrons. The van der Waals surface area contributed by atoms with Gasteiger partial charge < -0.3 is 24.4 Å². The van der Waals surface area contributed by atoms with E-state index in [9.17, 15) is 0 Å². The fraction of sp³-hybridized carbons (Fsp3) is 0.579. The Bertz CT molecular complexity index is 343. The Morgan fingerprint density at radius 2 is 1.38 bits per heavy atom. The van der Waals surface area contributed by atoms with E-state index in [1.165, 1.54) is 0 Å². The average molecular weight is 342 g/mol. The van der Waals surface area contributed by atoms with Gasteiger partial charge in [0, 0.05) is 12.8 Å². The van der Waals surface area contributed by atoms with Gasteiger partial charge in [-0.15, -0.1) is 13.2 Å². The Morgan fingerprint density at radius 3 is 1.75 bits per heavy atom. The fourth-order valence-electron chi connectivity index (χ4n) is 1.31. The summed E-state index contributed by atoms with van der Waals surface area (Å²) in [6.07, 6.45) is 4.15. The van der Waals surface area contributed by atoms with Crippen molar-refractivity contribution in [1.29, 1.82) is 0 Å². The monoisotopic (exact) mass is 342 g/mol. The first kappa shape index (κ1) is 24.8. The fourth-order valence-corrected chi connectivity index (χ4v) is 1.31. The van der Waals surface area contributed by atoms with Crippen LogP contribution >= 0.6 is 0 Å². The van der Waals surface area contributed by atoms with Crippen molar-refractivity contribution >= 4 is 0 Å². The average Bonchev–Trinajstić information content (AvgIpc) is 2.51. The van der Waals surface area contributed by atoms with E-state index in [-0.39, 0.29) is 18.8 Å². The highest BCUT2D eigenvalue weighted by Gasteiger charge is 2.07. The van der Waals surface area contributed by atoms with Crippen molar-refractivity contribution in [3.05, 3.63) is 50.0 Å². The zero-order valence-electron chi connectivity index (χ0n) is 15.4. The van der Waals surface area contributed by atoms with Crippen molar-refractivity contribution in [1.82, 2.24) is 0 Å². The van der Waals surface area contributed by atoms with E-state index in [2.05, 4.69) is 26.3 Å². The molecule has 0 saturated carbocycles. The van der Waals surface area contributed by atoms with Crippen LogP contribution in [0.25, 0.3) is 0 Å². The predicted molar refractivity (Wildman–Crippen MR) is 98.6 cm³/mol. The third kappa shape index (κ3) is 18.6. The largest absolute Gasteiger partial charge is 0.467 e. The van der Waals surface area contributed by atoms with Gasteiger partial charge in [-0.3, -0.25) is 0 Å². The summed E-state index contributed by atoms with van der Waals surface area (Å²) in [5, 5.41) is 17.6. The van der Waals surface area contributed by atoms with Crippen molar-refractivity contribution in [2.45, 2.75) is 51.9 Å². The number of aliphatic hydroxyl groups is 2. The highest BCUT2D eigenvalue weighted by atomic mass is 16.5. The molecule has 0 aliphatic heterocycles. The minimum Gasteiger partial charge on any atom is -0.467 e. The van der Waals surface area contributed by atoms with Gasteiger partial charge in [-0.1, -0.05) is 25.3 Å². The van der Waals surface area contributed by atoms with Gasteiger partial charge in [0.05, 0.1) is 38.1 Å². The molecule has 0 heterocycles. The lowest BCUT2D eigenvalue weighted by Gasteiger charge is -2.16. The molecule has 0 rings (SSSR count). The molecule has 0 aliphatic carbocycles. The molecule has 0 spiro atoms. The minimum absolute atomic E-state index is 0.0170. The second kappa shape index (κ2) is 16.5. The Kier molecular flexibility index (Phi) is 17.0. The quantitative estimate of drug-likeness (QED) is 0.397. The summed E-state index contributed by atoms with van der Waals surface area (Å²) in [5.74, 6) is 1.35. The maximum absolute atomic E-state index is 8.92. The third-order valence-electron chi connectivity index (χ3n) is 2.53. The van der Waals surface area contributed by atoms with Crippen molar-refractivity contribution in [3.8, 4) is 0 Å².